The Morgan fingerprint density at radius 2 is 1.72 bits per heavy atom. The van der Waals surface area contributed by atoms with Crippen LogP contribution in [0.1, 0.15) is 17.3 Å². The number of hydrogen-bond donors (Lipinski definition) is 1. The van der Waals surface area contributed by atoms with Gasteiger partial charge in [-0.2, -0.15) is 4.31 Å². The normalized spacial score (nSPS) is 15.8. The first-order chi connectivity index (χ1) is 13.9. The zero-order valence-corrected chi connectivity index (χ0v) is 17.6. The predicted molar refractivity (Wildman–Crippen MR) is 109 cm³/mol. The number of methoxy groups -OCH3 is 1. The van der Waals surface area contributed by atoms with Crippen LogP contribution in [-0.4, -0.2) is 64.9 Å². The summed E-state index contributed by atoms with van der Waals surface area (Å²) in [6.07, 6.45) is 0. The lowest BCUT2D eigenvalue weighted by molar-refractivity contribution is -0.903. The number of quaternary nitrogens is 1. The van der Waals surface area contributed by atoms with Crippen molar-refractivity contribution in [3.05, 3.63) is 54.1 Å². The Balaban J connectivity index is 1.50. The molecule has 1 saturated heterocycles. The third-order valence-corrected chi connectivity index (χ3v) is 6.99. The maximum atomic E-state index is 12.9. The lowest BCUT2D eigenvalue weighted by Gasteiger charge is -2.31. The summed E-state index contributed by atoms with van der Waals surface area (Å²) in [7, 11) is -1.96. The smallest absolute Gasteiger partial charge is 0.243 e. The Morgan fingerprint density at radius 3 is 2.34 bits per heavy atom. The van der Waals surface area contributed by atoms with Gasteiger partial charge in [-0.05, 0) is 43.3 Å². The first-order valence-electron chi connectivity index (χ1n) is 9.62. The van der Waals surface area contributed by atoms with Crippen LogP contribution in [0, 0.1) is 0 Å². The van der Waals surface area contributed by atoms with Gasteiger partial charge in [-0.3, -0.25) is 4.79 Å². The number of nitrogens with zero attached hydrogens (tertiary/aromatic N) is 1. The lowest BCUT2D eigenvalue weighted by Crippen LogP contribution is -3.15. The summed E-state index contributed by atoms with van der Waals surface area (Å²) < 4.78 is 38.2. The van der Waals surface area contributed by atoms with Crippen LogP contribution in [0.5, 0.6) is 11.5 Å². The second-order valence-electron chi connectivity index (χ2n) is 7.01. The van der Waals surface area contributed by atoms with E-state index in [-0.39, 0.29) is 10.7 Å². The number of Topliss-reactive ketones (excluding diaryl/α,β-unsaturated/α-hetero) is 1. The average molecular weight is 420 g/mol. The van der Waals surface area contributed by atoms with Gasteiger partial charge in [0, 0.05) is 5.56 Å². The van der Waals surface area contributed by atoms with Crippen molar-refractivity contribution in [2.45, 2.75) is 11.8 Å². The molecule has 1 heterocycles. The number of piperazine rings is 1. The Morgan fingerprint density at radius 1 is 1.07 bits per heavy atom. The van der Waals surface area contributed by atoms with Crippen LogP contribution in [0.3, 0.4) is 0 Å². The highest BCUT2D eigenvalue weighted by Crippen LogP contribution is 2.18. The SMILES string of the molecule is COc1ccc(OCC[NH+]2CCN(S(=O)(=O)c3cccc(C(C)=O)c3)CC2)cc1. The van der Waals surface area contributed by atoms with Gasteiger partial charge in [0.1, 0.15) is 24.7 Å². The molecule has 0 amide bonds. The molecule has 156 valence electrons. The highest BCUT2D eigenvalue weighted by Gasteiger charge is 2.30. The van der Waals surface area contributed by atoms with Crippen LogP contribution < -0.4 is 14.4 Å². The largest absolute Gasteiger partial charge is 0.497 e. The third-order valence-electron chi connectivity index (χ3n) is 5.09. The van der Waals surface area contributed by atoms with Crippen molar-refractivity contribution in [1.82, 2.24) is 4.31 Å². The van der Waals surface area contributed by atoms with Crippen molar-refractivity contribution in [3.63, 3.8) is 0 Å². The van der Waals surface area contributed by atoms with Crippen LogP contribution >= 0.6 is 0 Å². The van der Waals surface area contributed by atoms with Crippen molar-refractivity contribution in [1.29, 1.82) is 0 Å². The summed E-state index contributed by atoms with van der Waals surface area (Å²) in [5.41, 5.74) is 0.408. The van der Waals surface area contributed by atoms with E-state index in [1.807, 2.05) is 24.3 Å². The molecule has 0 radical (unpaired) electrons. The van der Waals surface area contributed by atoms with Crippen molar-refractivity contribution in [2.75, 3.05) is 46.4 Å². The molecular weight excluding hydrogens is 392 g/mol. The van der Waals surface area contributed by atoms with Crippen molar-refractivity contribution in [2.24, 2.45) is 0 Å². The summed E-state index contributed by atoms with van der Waals surface area (Å²) in [6, 6.07) is 13.7. The number of rotatable bonds is 8. The molecule has 2 aromatic carbocycles. The molecular formula is C21H27N2O5S+. The molecule has 0 saturated carbocycles. The molecule has 3 rings (SSSR count). The van der Waals surface area contributed by atoms with Gasteiger partial charge >= 0.3 is 0 Å². The molecule has 0 spiro atoms. The van der Waals surface area contributed by atoms with Gasteiger partial charge < -0.3 is 14.4 Å². The minimum absolute atomic E-state index is 0.145. The van der Waals surface area contributed by atoms with Gasteiger partial charge in [0.15, 0.2) is 5.78 Å². The zero-order chi connectivity index (χ0) is 20.9. The Labute approximate surface area is 171 Å². The van der Waals surface area contributed by atoms with Crippen LogP contribution in [0.2, 0.25) is 0 Å². The van der Waals surface area contributed by atoms with Crippen LogP contribution in [-0.2, 0) is 10.0 Å². The number of nitrogens with one attached hydrogen (secondary N) is 1. The van der Waals surface area contributed by atoms with Gasteiger partial charge in [-0.25, -0.2) is 8.42 Å². The second-order valence-corrected chi connectivity index (χ2v) is 8.95. The van der Waals surface area contributed by atoms with Crippen molar-refractivity contribution >= 4 is 15.8 Å². The molecule has 1 aliphatic heterocycles. The average Bonchev–Trinajstić information content (AvgIpc) is 2.74. The summed E-state index contributed by atoms with van der Waals surface area (Å²) in [4.78, 5) is 13.0. The van der Waals surface area contributed by atoms with Crippen molar-refractivity contribution < 1.29 is 27.6 Å². The molecule has 0 bridgehead atoms. The Kier molecular flexibility index (Phi) is 6.89. The lowest BCUT2D eigenvalue weighted by atomic mass is 10.2. The fourth-order valence-electron chi connectivity index (χ4n) is 3.30. The molecule has 1 fully saturated rings. The molecule has 7 nitrogen and oxygen atoms in total. The summed E-state index contributed by atoms with van der Waals surface area (Å²) in [5.74, 6) is 1.43. The van der Waals surface area contributed by atoms with Crippen LogP contribution in [0.25, 0.3) is 0 Å². The third kappa shape index (κ3) is 5.35. The van der Waals surface area contributed by atoms with E-state index >= 15 is 0 Å². The Hall–Kier alpha value is -2.42. The molecule has 0 aromatic heterocycles. The number of ether oxygens (including phenoxy) is 2. The zero-order valence-electron chi connectivity index (χ0n) is 16.8. The topological polar surface area (TPSA) is 77.3 Å². The molecule has 0 unspecified atom stereocenters. The number of benzene rings is 2. The fourth-order valence-corrected chi connectivity index (χ4v) is 4.79. The van der Waals surface area contributed by atoms with Gasteiger partial charge in [0.2, 0.25) is 10.0 Å². The van der Waals surface area contributed by atoms with Crippen molar-refractivity contribution in [3.8, 4) is 11.5 Å². The van der Waals surface area contributed by atoms with E-state index in [9.17, 15) is 13.2 Å². The minimum Gasteiger partial charge on any atom is -0.497 e. The van der Waals surface area contributed by atoms with Gasteiger partial charge in [0.25, 0.3) is 0 Å². The summed E-state index contributed by atoms with van der Waals surface area (Å²) in [6.45, 7) is 5.14. The first-order valence-corrected chi connectivity index (χ1v) is 11.1. The second kappa shape index (κ2) is 9.39. The number of carbonyl (C=O) groups excluding carboxylic acids is 1. The molecule has 1 N–H and O–H groups in total. The standard InChI is InChI=1S/C21H26N2O5S/c1-17(24)18-4-3-5-21(16-18)29(25,26)23-12-10-22(11-13-23)14-15-28-20-8-6-19(27-2)7-9-20/h3-9,16H,10-15H2,1-2H3/p+1. The molecule has 0 aliphatic carbocycles. The van der Waals surface area contributed by atoms with Gasteiger partial charge in [0.05, 0.1) is 38.2 Å². The predicted octanol–water partition coefficient (Wildman–Crippen LogP) is 0.866. The number of carbonyl (C=O) groups is 1. The maximum Gasteiger partial charge on any atom is 0.243 e. The number of ketones is 1. The minimum atomic E-state index is -3.59. The number of hydrogen-bond acceptors (Lipinski definition) is 5. The fraction of sp³-hybridized carbons (Fsp3) is 0.381. The number of sulfonamides is 1. The summed E-state index contributed by atoms with van der Waals surface area (Å²) in [5, 5.41) is 0. The molecule has 2 aromatic rings. The van der Waals surface area contributed by atoms with Crippen LogP contribution in [0.4, 0.5) is 0 Å². The van der Waals surface area contributed by atoms with E-state index in [0.717, 1.165) is 31.1 Å². The van der Waals surface area contributed by atoms with Gasteiger partial charge in [-0.15, -0.1) is 0 Å². The molecule has 0 atom stereocenters. The molecule has 1 aliphatic rings. The maximum absolute atomic E-state index is 12.9. The van der Waals surface area contributed by atoms with E-state index in [1.54, 1.807) is 25.3 Å². The van der Waals surface area contributed by atoms with E-state index in [2.05, 4.69) is 0 Å². The molecule has 29 heavy (non-hydrogen) atoms. The quantitative estimate of drug-likeness (QED) is 0.643. The Bertz CT molecular complexity index is 936. The highest BCUT2D eigenvalue weighted by atomic mass is 32.2. The van der Waals surface area contributed by atoms with Gasteiger partial charge in [-0.1, -0.05) is 12.1 Å². The van der Waals surface area contributed by atoms with Crippen LogP contribution in [0.15, 0.2) is 53.4 Å². The highest BCUT2D eigenvalue weighted by molar-refractivity contribution is 7.89. The van der Waals surface area contributed by atoms with E-state index in [1.165, 1.54) is 22.2 Å². The first kappa shape index (κ1) is 21.3. The van der Waals surface area contributed by atoms with E-state index in [0.29, 0.717) is 25.3 Å². The van der Waals surface area contributed by atoms with E-state index in [4.69, 9.17) is 9.47 Å². The summed E-state index contributed by atoms with van der Waals surface area (Å²) >= 11 is 0. The monoisotopic (exact) mass is 419 g/mol. The van der Waals surface area contributed by atoms with E-state index < -0.39 is 10.0 Å². The molecule has 8 heteroatoms.